The van der Waals surface area contributed by atoms with Crippen molar-refractivity contribution in [3.63, 3.8) is 0 Å². The van der Waals surface area contributed by atoms with Gasteiger partial charge < -0.3 is 19.5 Å². The Morgan fingerprint density at radius 2 is 1.68 bits per heavy atom. The van der Waals surface area contributed by atoms with Crippen molar-refractivity contribution in [2.45, 2.75) is 31.7 Å². The van der Waals surface area contributed by atoms with E-state index in [1.165, 1.54) is 6.42 Å². The molecule has 3 rings (SSSR count). The van der Waals surface area contributed by atoms with Gasteiger partial charge in [0, 0.05) is 4.47 Å². The van der Waals surface area contributed by atoms with Crippen molar-refractivity contribution in [2.24, 2.45) is 5.92 Å². The number of amides is 1. The Morgan fingerprint density at radius 1 is 1.07 bits per heavy atom. The van der Waals surface area contributed by atoms with Crippen LogP contribution in [0.25, 0.3) is 0 Å². The zero-order valence-electron chi connectivity index (χ0n) is 16.5. The highest BCUT2D eigenvalue weighted by Gasteiger charge is 2.29. The molecule has 1 amide bonds. The molecule has 1 unspecified atom stereocenters. The van der Waals surface area contributed by atoms with Crippen LogP contribution in [0.5, 0.6) is 17.2 Å². The van der Waals surface area contributed by atoms with Gasteiger partial charge in [0.2, 0.25) is 11.7 Å². The largest absolute Gasteiger partial charge is 0.493 e. The van der Waals surface area contributed by atoms with Gasteiger partial charge in [-0.05, 0) is 54.2 Å². The van der Waals surface area contributed by atoms with Crippen molar-refractivity contribution in [2.75, 3.05) is 21.3 Å². The first-order valence-corrected chi connectivity index (χ1v) is 10.2. The molecule has 0 heterocycles. The number of carbonyl (C=O) groups excluding carboxylic acids is 1. The van der Waals surface area contributed by atoms with Gasteiger partial charge in [-0.15, -0.1) is 0 Å². The Labute approximate surface area is 174 Å². The third kappa shape index (κ3) is 4.61. The van der Waals surface area contributed by atoms with Crippen molar-refractivity contribution in [1.29, 1.82) is 0 Å². The molecule has 2 aromatic carbocycles. The number of hydrogen-bond donors (Lipinski definition) is 1. The van der Waals surface area contributed by atoms with Crippen LogP contribution >= 0.6 is 15.9 Å². The predicted molar refractivity (Wildman–Crippen MR) is 112 cm³/mol. The van der Waals surface area contributed by atoms with E-state index in [0.29, 0.717) is 23.2 Å². The van der Waals surface area contributed by atoms with Crippen LogP contribution in [0.4, 0.5) is 0 Å². The second-order valence-electron chi connectivity index (χ2n) is 7.00. The lowest BCUT2D eigenvalue weighted by atomic mass is 9.77. The molecule has 0 bridgehead atoms. The molecule has 0 spiro atoms. The summed E-state index contributed by atoms with van der Waals surface area (Å²) in [6, 6.07) is 11.9. The molecule has 28 heavy (non-hydrogen) atoms. The van der Waals surface area contributed by atoms with Crippen molar-refractivity contribution >= 4 is 21.8 Å². The molecule has 6 heteroatoms. The number of methoxy groups -OCH3 is 3. The van der Waals surface area contributed by atoms with Crippen molar-refractivity contribution in [3.05, 3.63) is 52.0 Å². The van der Waals surface area contributed by atoms with Crippen LogP contribution in [-0.4, -0.2) is 27.2 Å². The van der Waals surface area contributed by atoms with Crippen molar-refractivity contribution in [1.82, 2.24) is 5.32 Å². The lowest BCUT2D eigenvalue weighted by molar-refractivity contribution is -0.121. The van der Waals surface area contributed by atoms with Gasteiger partial charge in [0.25, 0.3) is 0 Å². The number of benzene rings is 2. The van der Waals surface area contributed by atoms with E-state index in [1.807, 2.05) is 24.3 Å². The first-order chi connectivity index (χ1) is 13.5. The quantitative estimate of drug-likeness (QED) is 0.638. The summed E-state index contributed by atoms with van der Waals surface area (Å²) in [5.41, 5.74) is 1.96. The minimum Gasteiger partial charge on any atom is -0.493 e. The normalized spacial score (nSPS) is 14.7. The molecule has 1 aliphatic rings. The van der Waals surface area contributed by atoms with Crippen LogP contribution < -0.4 is 19.5 Å². The molecule has 1 saturated carbocycles. The highest BCUT2D eigenvalue weighted by Crippen LogP contribution is 2.39. The van der Waals surface area contributed by atoms with E-state index in [9.17, 15) is 4.79 Å². The van der Waals surface area contributed by atoms with Crippen molar-refractivity contribution in [3.8, 4) is 17.2 Å². The topological polar surface area (TPSA) is 56.8 Å². The molecule has 1 atom stereocenters. The molecule has 1 fully saturated rings. The average molecular weight is 448 g/mol. The van der Waals surface area contributed by atoms with E-state index in [0.717, 1.165) is 28.4 Å². The molecular formula is C22H26BrNO4. The zero-order chi connectivity index (χ0) is 20.1. The van der Waals surface area contributed by atoms with E-state index in [1.54, 1.807) is 21.3 Å². The minimum absolute atomic E-state index is 0.0194. The van der Waals surface area contributed by atoms with Crippen molar-refractivity contribution < 1.29 is 19.0 Å². The van der Waals surface area contributed by atoms with Crippen LogP contribution in [0, 0.1) is 5.92 Å². The van der Waals surface area contributed by atoms with Gasteiger partial charge in [0.15, 0.2) is 11.5 Å². The summed E-state index contributed by atoms with van der Waals surface area (Å²) in [4.78, 5) is 12.8. The second kappa shape index (κ2) is 9.32. The summed E-state index contributed by atoms with van der Waals surface area (Å²) in [7, 11) is 4.71. The Morgan fingerprint density at radius 3 is 2.14 bits per heavy atom. The number of hydrogen-bond acceptors (Lipinski definition) is 4. The average Bonchev–Trinajstić information content (AvgIpc) is 2.65. The fourth-order valence-corrected chi connectivity index (χ4v) is 3.83. The summed E-state index contributed by atoms with van der Waals surface area (Å²) >= 11 is 3.48. The second-order valence-corrected chi connectivity index (χ2v) is 7.91. The highest BCUT2D eigenvalue weighted by molar-refractivity contribution is 9.10. The van der Waals surface area contributed by atoms with Crippen LogP contribution in [0.3, 0.4) is 0 Å². The molecule has 0 aromatic heterocycles. The summed E-state index contributed by atoms with van der Waals surface area (Å²) in [6.45, 7) is 0. The molecular weight excluding hydrogens is 422 g/mol. The highest BCUT2D eigenvalue weighted by atomic mass is 79.9. The van der Waals surface area contributed by atoms with Gasteiger partial charge in [-0.25, -0.2) is 0 Å². The smallest absolute Gasteiger partial charge is 0.224 e. The fourth-order valence-electron chi connectivity index (χ4n) is 3.56. The molecule has 2 aromatic rings. The molecule has 1 aliphatic carbocycles. The fraction of sp³-hybridized carbons (Fsp3) is 0.409. The van der Waals surface area contributed by atoms with Crippen LogP contribution in [-0.2, 0) is 11.2 Å². The Hall–Kier alpha value is -2.21. The van der Waals surface area contributed by atoms with Crippen LogP contribution in [0.1, 0.15) is 36.4 Å². The van der Waals surface area contributed by atoms with E-state index in [4.69, 9.17) is 14.2 Å². The maximum atomic E-state index is 12.8. The van der Waals surface area contributed by atoms with Gasteiger partial charge in [0.1, 0.15) is 0 Å². The molecule has 5 nitrogen and oxygen atoms in total. The van der Waals surface area contributed by atoms with Gasteiger partial charge in [-0.3, -0.25) is 4.79 Å². The van der Waals surface area contributed by atoms with E-state index < -0.39 is 0 Å². The number of rotatable bonds is 8. The third-order valence-electron chi connectivity index (χ3n) is 5.26. The molecule has 0 saturated heterocycles. The Bertz CT molecular complexity index is 793. The standard InChI is InChI=1S/C22H26BrNO4/c1-26-18-11-14(12-19(27-2)22(18)28-3)13-20(25)24-21(15-5-4-6-15)16-7-9-17(23)10-8-16/h7-12,15,21H,4-6,13H2,1-3H3,(H,24,25). The van der Waals surface area contributed by atoms with E-state index in [-0.39, 0.29) is 18.4 Å². The third-order valence-corrected chi connectivity index (χ3v) is 5.78. The monoisotopic (exact) mass is 447 g/mol. The molecule has 150 valence electrons. The number of halogens is 1. The summed E-state index contributed by atoms with van der Waals surface area (Å²) in [5.74, 6) is 2.09. The lowest BCUT2D eigenvalue weighted by Gasteiger charge is -2.34. The van der Waals surface area contributed by atoms with Crippen LogP contribution in [0.2, 0.25) is 0 Å². The van der Waals surface area contributed by atoms with E-state index >= 15 is 0 Å². The van der Waals surface area contributed by atoms with Gasteiger partial charge in [-0.1, -0.05) is 34.5 Å². The minimum atomic E-state index is -0.0194. The number of carbonyl (C=O) groups is 1. The molecule has 1 N–H and O–H groups in total. The number of ether oxygens (including phenoxy) is 3. The van der Waals surface area contributed by atoms with Gasteiger partial charge in [0.05, 0.1) is 33.8 Å². The number of nitrogens with one attached hydrogen (secondary N) is 1. The van der Waals surface area contributed by atoms with Crippen LogP contribution in [0.15, 0.2) is 40.9 Å². The van der Waals surface area contributed by atoms with Gasteiger partial charge >= 0.3 is 0 Å². The van der Waals surface area contributed by atoms with Gasteiger partial charge in [-0.2, -0.15) is 0 Å². The summed E-state index contributed by atoms with van der Waals surface area (Å²) in [6.07, 6.45) is 3.76. The Kier molecular flexibility index (Phi) is 6.83. The Balaban J connectivity index is 1.77. The first-order valence-electron chi connectivity index (χ1n) is 9.39. The molecule has 0 radical (unpaired) electrons. The predicted octanol–water partition coefficient (Wildman–Crippen LogP) is 4.68. The maximum Gasteiger partial charge on any atom is 0.224 e. The molecule has 0 aliphatic heterocycles. The first kappa shape index (κ1) is 20.5. The zero-order valence-corrected chi connectivity index (χ0v) is 18.0. The van der Waals surface area contributed by atoms with E-state index in [2.05, 4.69) is 33.4 Å². The lowest BCUT2D eigenvalue weighted by Crippen LogP contribution is -2.37. The maximum absolute atomic E-state index is 12.8. The SMILES string of the molecule is COc1cc(CC(=O)NC(c2ccc(Br)cc2)C2CCC2)cc(OC)c1OC. The summed E-state index contributed by atoms with van der Waals surface area (Å²) in [5, 5.41) is 3.24. The summed E-state index contributed by atoms with van der Waals surface area (Å²) < 4.78 is 17.2.